The maximum atomic E-state index is 12.8. The van der Waals surface area contributed by atoms with Crippen molar-refractivity contribution in [3.8, 4) is 5.75 Å². The van der Waals surface area contributed by atoms with Gasteiger partial charge in [-0.15, -0.1) is 0 Å². The number of carbonyl (C=O) groups is 1. The van der Waals surface area contributed by atoms with Gasteiger partial charge in [0.2, 0.25) is 0 Å². The number of benzene rings is 2. The monoisotopic (exact) mass is 377 g/mol. The zero-order valence-corrected chi connectivity index (χ0v) is 16.6. The van der Waals surface area contributed by atoms with Gasteiger partial charge in [0.25, 0.3) is 5.91 Å². The van der Waals surface area contributed by atoms with Crippen LogP contribution in [-0.2, 0) is 6.54 Å². The van der Waals surface area contributed by atoms with Gasteiger partial charge in [0.05, 0.1) is 17.6 Å². The number of likely N-dealkylation sites (tertiary alicyclic amines) is 1. The van der Waals surface area contributed by atoms with Crippen LogP contribution in [0.3, 0.4) is 0 Å². The van der Waals surface area contributed by atoms with Crippen molar-refractivity contribution in [3.63, 3.8) is 0 Å². The SMILES string of the molecule is CCOc1ccc(C(=O)N2CCC(Cn3c(C)nc4ccccc43)CC2)cc1. The highest BCUT2D eigenvalue weighted by molar-refractivity contribution is 5.94. The van der Waals surface area contributed by atoms with E-state index in [1.165, 1.54) is 5.52 Å². The summed E-state index contributed by atoms with van der Waals surface area (Å²) in [6.07, 6.45) is 2.05. The van der Waals surface area contributed by atoms with E-state index < -0.39 is 0 Å². The third kappa shape index (κ3) is 3.75. The van der Waals surface area contributed by atoms with Crippen LogP contribution in [0.2, 0.25) is 0 Å². The van der Waals surface area contributed by atoms with Crippen molar-refractivity contribution in [1.29, 1.82) is 0 Å². The van der Waals surface area contributed by atoms with Crippen LogP contribution in [0.4, 0.5) is 0 Å². The predicted molar refractivity (Wildman–Crippen MR) is 111 cm³/mol. The average molecular weight is 377 g/mol. The Labute approximate surface area is 165 Å². The third-order valence-electron chi connectivity index (χ3n) is 5.60. The van der Waals surface area contributed by atoms with Crippen molar-refractivity contribution < 1.29 is 9.53 Å². The van der Waals surface area contributed by atoms with Crippen LogP contribution in [-0.4, -0.2) is 40.1 Å². The lowest BCUT2D eigenvalue weighted by molar-refractivity contribution is 0.0683. The molecule has 2 aromatic carbocycles. The van der Waals surface area contributed by atoms with Crippen molar-refractivity contribution in [2.75, 3.05) is 19.7 Å². The topological polar surface area (TPSA) is 47.4 Å². The van der Waals surface area contributed by atoms with E-state index in [9.17, 15) is 4.79 Å². The van der Waals surface area contributed by atoms with Crippen molar-refractivity contribution in [2.24, 2.45) is 5.92 Å². The van der Waals surface area contributed by atoms with Crippen LogP contribution in [0.25, 0.3) is 11.0 Å². The minimum absolute atomic E-state index is 0.116. The number of carbonyl (C=O) groups excluding carboxylic acids is 1. The van der Waals surface area contributed by atoms with E-state index in [0.717, 1.165) is 55.1 Å². The molecule has 1 amide bonds. The Morgan fingerprint density at radius 1 is 1.11 bits per heavy atom. The summed E-state index contributed by atoms with van der Waals surface area (Å²) in [5.41, 5.74) is 2.99. The fraction of sp³-hybridized carbons (Fsp3) is 0.391. The number of nitrogens with zero attached hydrogens (tertiary/aromatic N) is 3. The Morgan fingerprint density at radius 2 is 1.82 bits per heavy atom. The van der Waals surface area contributed by atoms with Gasteiger partial charge in [-0.05, 0) is 69.0 Å². The van der Waals surface area contributed by atoms with Crippen molar-refractivity contribution in [3.05, 3.63) is 59.9 Å². The molecular formula is C23H27N3O2. The summed E-state index contributed by atoms with van der Waals surface area (Å²) in [6, 6.07) is 15.8. The van der Waals surface area contributed by atoms with Crippen molar-refractivity contribution >= 4 is 16.9 Å². The van der Waals surface area contributed by atoms with Crippen LogP contribution in [0.5, 0.6) is 5.75 Å². The van der Waals surface area contributed by atoms with E-state index in [-0.39, 0.29) is 5.91 Å². The second-order valence-electron chi connectivity index (χ2n) is 7.45. The summed E-state index contributed by atoms with van der Waals surface area (Å²) >= 11 is 0. The molecule has 5 nitrogen and oxygen atoms in total. The van der Waals surface area contributed by atoms with Crippen LogP contribution in [0.1, 0.15) is 35.9 Å². The van der Waals surface area contributed by atoms with Gasteiger partial charge in [0.1, 0.15) is 11.6 Å². The van der Waals surface area contributed by atoms with Crippen LogP contribution < -0.4 is 4.74 Å². The zero-order chi connectivity index (χ0) is 19.5. The Bertz CT molecular complexity index is 954. The maximum absolute atomic E-state index is 12.8. The normalized spacial score (nSPS) is 15.1. The minimum atomic E-state index is 0.116. The first-order valence-electron chi connectivity index (χ1n) is 10.1. The van der Waals surface area contributed by atoms with E-state index in [4.69, 9.17) is 4.74 Å². The number of fused-ring (bicyclic) bond motifs is 1. The molecule has 2 heterocycles. The number of para-hydroxylation sites is 2. The average Bonchev–Trinajstić information content (AvgIpc) is 3.04. The molecule has 5 heteroatoms. The van der Waals surface area contributed by atoms with Crippen LogP contribution in [0.15, 0.2) is 48.5 Å². The molecular weight excluding hydrogens is 350 g/mol. The van der Waals surface area contributed by atoms with Gasteiger partial charge < -0.3 is 14.2 Å². The van der Waals surface area contributed by atoms with E-state index in [1.54, 1.807) is 0 Å². The maximum Gasteiger partial charge on any atom is 0.253 e. The number of amides is 1. The van der Waals surface area contributed by atoms with Gasteiger partial charge >= 0.3 is 0 Å². The summed E-state index contributed by atoms with van der Waals surface area (Å²) in [4.78, 5) is 19.4. The lowest BCUT2D eigenvalue weighted by Gasteiger charge is -2.32. The van der Waals surface area contributed by atoms with Gasteiger partial charge in [-0.1, -0.05) is 12.1 Å². The third-order valence-corrected chi connectivity index (χ3v) is 5.60. The molecule has 1 saturated heterocycles. The van der Waals surface area contributed by atoms with Gasteiger partial charge in [-0.3, -0.25) is 4.79 Å². The van der Waals surface area contributed by atoms with Crippen molar-refractivity contribution in [1.82, 2.24) is 14.5 Å². The molecule has 4 rings (SSSR count). The first-order chi connectivity index (χ1) is 13.7. The highest BCUT2D eigenvalue weighted by atomic mass is 16.5. The molecule has 0 spiro atoms. The van der Waals surface area contributed by atoms with E-state index >= 15 is 0 Å². The Morgan fingerprint density at radius 3 is 2.54 bits per heavy atom. The van der Waals surface area contributed by atoms with Gasteiger partial charge in [0.15, 0.2) is 0 Å². The molecule has 1 aliphatic heterocycles. The zero-order valence-electron chi connectivity index (χ0n) is 16.6. The smallest absolute Gasteiger partial charge is 0.253 e. The molecule has 0 aliphatic carbocycles. The second-order valence-corrected chi connectivity index (χ2v) is 7.45. The molecule has 0 unspecified atom stereocenters. The molecule has 0 saturated carbocycles. The summed E-state index contributed by atoms with van der Waals surface area (Å²) in [5, 5.41) is 0. The van der Waals surface area contributed by atoms with Crippen molar-refractivity contribution in [2.45, 2.75) is 33.2 Å². The molecule has 146 valence electrons. The number of aromatic nitrogens is 2. The number of rotatable bonds is 5. The molecule has 1 fully saturated rings. The largest absolute Gasteiger partial charge is 0.494 e. The summed E-state index contributed by atoms with van der Waals surface area (Å²) < 4.78 is 7.78. The molecule has 0 bridgehead atoms. The lowest BCUT2D eigenvalue weighted by atomic mass is 9.96. The Kier molecular flexibility index (Phi) is 5.33. The minimum Gasteiger partial charge on any atom is -0.494 e. The van der Waals surface area contributed by atoms with Gasteiger partial charge in [-0.25, -0.2) is 4.98 Å². The fourth-order valence-electron chi connectivity index (χ4n) is 4.05. The quantitative estimate of drug-likeness (QED) is 0.666. The number of aryl methyl sites for hydroxylation is 1. The number of piperidine rings is 1. The second kappa shape index (κ2) is 8.05. The molecule has 0 radical (unpaired) electrons. The first kappa shape index (κ1) is 18.5. The van der Waals surface area contributed by atoms with E-state index in [0.29, 0.717) is 12.5 Å². The summed E-state index contributed by atoms with van der Waals surface area (Å²) in [7, 11) is 0. The Hall–Kier alpha value is -2.82. The summed E-state index contributed by atoms with van der Waals surface area (Å²) in [5.74, 6) is 2.56. The lowest BCUT2D eigenvalue weighted by Crippen LogP contribution is -2.39. The fourth-order valence-corrected chi connectivity index (χ4v) is 4.05. The van der Waals surface area contributed by atoms with Crippen LogP contribution >= 0.6 is 0 Å². The standard InChI is InChI=1S/C23H27N3O2/c1-3-28-20-10-8-19(9-11-20)23(27)25-14-12-18(13-15-25)16-26-17(2)24-21-6-4-5-7-22(21)26/h4-11,18H,3,12-16H2,1-2H3. The number of hydrogen-bond acceptors (Lipinski definition) is 3. The molecule has 28 heavy (non-hydrogen) atoms. The summed E-state index contributed by atoms with van der Waals surface area (Å²) in [6.45, 7) is 7.25. The highest BCUT2D eigenvalue weighted by Crippen LogP contribution is 2.24. The van der Waals surface area contributed by atoms with Gasteiger partial charge in [0, 0.05) is 25.2 Å². The highest BCUT2D eigenvalue weighted by Gasteiger charge is 2.24. The van der Waals surface area contributed by atoms with E-state index in [1.807, 2.05) is 42.2 Å². The molecule has 3 aromatic rings. The van der Waals surface area contributed by atoms with Gasteiger partial charge in [-0.2, -0.15) is 0 Å². The predicted octanol–water partition coefficient (Wildman–Crippen LogP) is 4.30. The molecule has 1 aliphatic rings. The van der Waals surface area contributed by atoms with Crippen LogP contribution in [0, 0.1) is 12.8 Å². The molecule has 0 atom stereocenters. The number of imidazole rings is 1. The molecule has 1 aromatic heterocycles. The van der Waals surface area contributed by atoms with E-state index in [2.05, 4.69) is 34.7 Å². The number of hydrogen-bond donors (Lipinski definition) is 0. The number of ether oxygens (including phenoxy) is 1. The Balaban J connectivity index is 1.37. The molecule has 0 N–H and O–H groups in total. The first-order valence-corrected chi connectivity index (χ1v) is 10.1.